The first kappa shape index (κ1) is 17.6. The molecule has 0 bridgehead atoms. The standard InChI is InChI=1S/C15H20N4O2.B/c1-15(2,3)12-9-13(19-21-12)18-14(20)17-11-7-5-10(16-4)6-8-11;/h5-9,16H,1-4H3,(H2,17,18,19,20);. The normalized spacial score (nSPS) is 10.5. The Morgan fingerprint density at radius 3 is 2.18 bits per heavy atom. The molecule has 0 saturated carbocycles. The summed E-state index contributed by atoms with van der Waals surface area (Å²) >= 11 is 0. The highest BCUT2D eigenvalue weighted by Gasteiger charge is 2.20. The fourth-order valence-electron chi connectivity index (χ4n) is 1.69. The number of hydrogen-bond acceptors (Lipinski definition) is 4. The zero-order valence-corrected chi connectivity index (χ0v) is 13.2. The van der Waals surface area contributed by atoms with Crippen LogP contribution in [0.4, 0.5) is 22.0 Å². The maximum atomic E-state index is 11.9. The van der Waals surface area contributed by atoms with Gasteiger partial charge in [-0.15, -0.1) is 0 Å². The molecule has 0 aliphatic rings. The number of nitrogens with zero attached hydrogens (tertiary/aromatic N) is 1. The summed E-state index contributed by atoms with van der Waals surface area (Å²) in [6.45, 7) is 6.04. The van der Waals surface area contributed by atoms with Crippen LogP contribution in [0.1, 0.15) is 26.5 Å². The van der Waals surface area contributed by atoms with Crippen molar-refractivity contribution in [2.45, 2.75) is 26.2 Å². The summed E-state index contributed by atoms with van der Waals surface area (Å²) < 4.78 is 5.21. The van der Waals surface area contributed by atoms with Crippen LogP contribution in [-0.2, 0) is 5.41 Å². The summed E-state index contributed by atoms with van der Waals surface area (Å²) in [6, 6.07) is 8.75. The largest absolute Gasteiger partial charge is 0.388 e. The van der Waals surface area contributed by atoms with Gasteiger partial charge in [-0.1, -0.05) is 25.9 Å². The molecule has 0 unspecified atom stereocenters. The van der Waals surface area contributed by atoms with E-state index in [-0.39, 0.29) is 19.9 Å². The number of benzene rings is 1. The summed E-state index contributed by atoms with van der Waals surface area (Å²) in [4.78, 5) is 11.9. The van der Waals surface area contributed by atoms with E-state index in [0.29, 0.717) is 11.5 Å². The fraction of sp³-hybridized carbons (Fsp3) is 0.333. The molecule has 1 aromatic heterocycles. The van der Waals surface area contributed by atoms with Crippen LogP contribution in [0, 0.1) is 0 Å². The van der Waals surface area contributed by atoms with Crippen molar-refractivity contribution < 1.29 is 9.32 Å². The number of hydrogen-bond donors (Lipinski definition) is 3. The van der Waals surface area contributed by atoms with E-state index in [0.717, 1.165) is 11.4 Å². The quantitative estimate of drug-likeness (QED) is 0.760. The lowest BCUT2D eigenvalue weighted by Crippen LogP contribution is -2.19. The van der Waals surface area contributed by atoms with Crippen LogP contribution in [0.25, 0.3) is 0 Å². The van der Waals surface area contributed by atoms with Gasteiger partial charge in [0.15, 0.2) is 5.82 Å². The van der Waals surface area contributed by atoms with E-state index in [4.69, 9.17) is 4.52 Å². The van der Waals surface area contributed by atoms with Crippen LogP contribution in [0.15, 0.2) is 34.9 Å². The molecule has 6 nitrogen and oxygen atoms in total. The molecule has 0 spiro atoms. The minimum Gasteiger partial charge on any atom is -0.388 e. The molecule has 3 radical (unpaired) electrons. The highest BCUT2D eigenvalue weighted by molar-refractivity contribution is 5.99. The van der Waals surface area contributed by atoms with Gasteiger partial charge in [-0.3, -0.25) is 5.32 Å². The molecule has 2 aromatic rings. The van der Waals surface area contributed by atoms with Crippen LogP contribution in [-0.4, -0.2) is 26.6 Å². The molecular weight excluding hydrogens is 279 g/mol. The van der Waals surface area contributed by atoms with Gasteiger partial charge >= 0.3 is 6.03 Å². The number of carbonyl (C=O) groups excluding carboxylic acids is 1. The topological polar surface area (TPSA) is 79.2 Å². The average molecular weight is 299 g/mol. The minimum atomic E-state index is -0.360. The lowest BCUT2D eigenvalue weighted by molar-refractivity contribution is 0.262. The monoisotopic (exact) mass is 299 g/mol. The third-order valence-electron chi connectivity index (χ3n) is 2.92. The summed E-state index contributed by atoms with van der Waals surface area (Å²) in [7, 11) is 1.84. The SMILES string of the molecule is CNc1ccc(NC(=O)Nc2cc(C(C)(C)C)on2)cc1.[B]. The maximum Gasteiger partial charge on any atom is 0.324 e. The van der Waals surface area contributed by atoms with Gasteiger partial charge < -0.3 is 15.2 Å². The van der Waals surface area contributed by atoms with Crippen LogP contribution in [0.3, 0.4) is 0 Å². The van der Waals surface area contributed by atoms with E-state index in [2.05, 4.69) is 21.1 Å². The number of aromatic nitrogens is 1. The summed E-state index contributed by atoms with van der Waals surface area (Å²) in [5.41, 5.74) is 1.53. The van der Waals surface area contributed by atoms with E-state index in [9.17, 15) is 4.79 Å². The Bertz CT molecular complexity index is 617. The van der Waals surface area contributed by atoms with Gasteiger partial charge in [-0.2, -0.15) is 0 Å². The Labute approximate surface area is 132 Å². The third-order valence-corrected chi connectivity index (χ3v) is 2.92. The molecular formula is C15H20BN4O2. The van der Waals surface area contributed by atoms with Crippen LogP contribution >= 0.6 is 0 Å². The van der Waals surface area contributed by atoms with Crippen molar-refractivity contribution in [2.75, 3.05) is 23.0 Å². The third kappa shape index (κ3) is 4.54. The van der Waals surface area contributed by atoms with E-state index in [1.54, 1.807) is 6.07 Å². The zero-order chi connectivity index (χ0) is 15.5. The molecule has 7 heteroatoms. The molecule has 115 valence electrons. The molecule has 0 aliphatic carbocycles. The summed E-state index contributed by atoms with van der Waals surface area (Å²) in [6.07, 6.45) is 0. The Kier molecular flexibility index (Phi) is 5.62. The number of nitrogens with one attached hydrogen (secondary N) is 3. The number of amides is 2. The van der Waals surface area contributed by atoms with Gasteiger partial charge in [0.1, 0.15) is 5.76 Å². The number of carbonyl (C=O) groups is 1. The second kappa shape index (κ2) is 7.02. The van der Waals surface area contributed by atoms with Crippen molar-refractivity contribution >= 4 is 31.6 Å². The molecule has 0 fully saturated rings. The van der Waals surface area contributed by atoms with E-state index >= 15 is 0 Å². The predicted octanol–water partition coefficient (Wildman–Crippen LogP) is 3.28. The first-order chi connectivity index (χ1) is 9.88. The van der Waals surface area contributed by atoms with Gasteiger partial charge in [0.25, 0.3) is 0 Å². The average Bonchev–Trinajstić information content (AvgIpc) is 2.88. The summed E-state index contributed by atoms with van der Waals surface area (Å²) in [5.74, 6) is 1.11. The highest BCUT2D eigenvalue weighted by atomic mass is 16.5. The maximum absolute atomic E-state index is 11.9. The Balaban J connectivity index is 0.00000242. The molecule has 22 heavy (non-hydrogen) atoms. The van der Waals surface area contributed by atoms with Crippen LogP contribution in [0.2, 0.25) is 0 Å². The number of anilines is 3. The highest BCUT2D eigenvalue weighted by Crippen LogP contribution is 2.24. The molecule has 1 heterocycles. The molecule has 0 aliphatic heterocycles. The van der Waals surface area contributed by atoms with Gasteiger partial charge in [-0.25, -0.2) is 4.79 Å². The van der Waals surface area contributed by atoms with Gasteiger partial charge in [-0.05, 0) is 24.3 Å². The lowest BCUT2D eigenvalue weighted by atomic mass is 9.93. The Morgan fingerprint density at radius 1 is 1.09 bits per heavy atom. The second-order valence-electron chi connectivity index (χ2n) is 5.73. The fourth-order valence-corrected chi connectivity index (χ4v) is 1.69. The Morgan fingerprint density at radius 2 is 1.68 bits per heavy atom. The van der Waals surface area contributed by atoms with Crippen molar-refractivity contribution in [1.82, 2.24) is 5.16 Å². The Hall–Kier alpha value is -2.44. The van der Waals surface area contributed by atoms with Crippen LogP contribution < -0.4 is 16.0 Å². The second-order valence-corrected chi connectivity index (χ2v) is 5.73. The van der Waals surface area contributed by atoms with E-state index in [1.807, 2.05) is 52.1 Å². The van der Waals surface area contributed by atoms with E-state index < -0.39 is 0 Å². The molecule has 0 saturated heterocycles. The van der Waals surface area contributed by atoms with Gasteiger partial charge in [0, 0.05) is 38.3 Å². The van der Waals surface area contributed by atoms with Crippen molar-refractivity contribution in [3.63, 3.8) is 0 Å². The van der Waals surface area contributed by atoms with Crippen molar-refractivity contribution in [3.8, 4) is 0 Å². The van der Waals surface area contributed by atoms with Crippen molar-refractivity contribution in [2.24, 2.45) is 0 Å². The lowest BCUT2D eigenvalue weighted by Gasteiger charge is -2.12. The first-order valence-corrected chi connectivity index (χ1v) is 6.71. The minimum absolute atomic E-state index is 0. The molecule has 1 aromatic carbocycles. The molecule has 2 rings (SSSR count). The molecule has 3 N–H and O–H groups in total. The number of urea groups is 1. The molecule has 2 amide bonds. The molecule has 0 atom stereocenters. The predicted molar refractivity (Wildman–Crippen MR) is 89.6 cm³/mol. The van der Waals surface area contributed by atoms with E-state index in [1.165, 1.54) is 0 Å². The van der Waals surface area contributed by atoms with Crippen molar-refractivity contribution in [3.05, 3.63) is 36.1 Å². The zero-order valence-electron chi connectivity index (χ0n) is 13.2. The van der Waals surface area contributed by atoms with Crippen LogP contribution in [0.5, 0.6) is 0 Å². The first-order valence-electron chi connectivity index (χ1n) is 6.71. The number of rotatable bonds is 3. The smallest absolute Gasteiger partial charge is 0.324 e. The van der Waals surface area contributed by atoms with Gasteiger partial charge in [0.05, 0.1) is 0 Å². The van der Waals surface area contributed by atoms with Crippen molar-refractivity contribution in [1.29, 1.82) is 0 Å². The van der Waals surface area contributed by atoms with Gasteiger partial charge in [0.2, 0.25) is 0 Å². The summed E-state index contributed by atoms with van der Waals surface area (Å²) in [5, 5.41) is 12.2.